The number of thiol groups is 1. The van der Waals surface area contributed by atoms with Crippen molar-refractivity contribution >= 4 is 19.3 Å². The Morgan fingerprint density at radius 1 is 1.12 bits per heavy atom. The molecule has 0 saturated heterocycles. The summed E-state index contributed by atoms with van der Waals surface area (Å²) in [6.45, 7) is 11.3. The van der Waals surface area contributed by atoms with Crippen molar-refractivity contribution in [1.82, 2.24) is 0 Å². The van der Waals surface area contributed by atoms with E-state index in [1.165, 1.54) is 0 Å². The fourth-order valence-electron chi connectivity index (χ4n) is 0. The summed E-state index contributed by atoms with van der Waals surface area (Å²) < 4.78 is 0. The Morgan fingerprint density at radius 2 is 1.25 bits per heavy atom. The Kier molecular flexibility index (Phi) is 2.21. The largest absolute Gasteiger partial charge is 0.202 e. The van der Waals surface area contributed by atoms with Crippen LogP contribution in [0.2, 0.25) is 18.1 Å². The van der Waals surface area contributed by atoms with Gasteiger partial charge in [0.2, 0.25) is 0 Å². The zero-order chi connectivity index (χ0) is 7.00. The molecule has 0 aromatic heterocycles. The van der Waals surface area contributed by atoms with Gasteiger partial charge in [0.25, 0.3) is 0 Å². The Bertz CT molecular complexity index is 63.5. The third-order valence-electron chi connectivity index (χ3n) is 1.84. The predicted octanol–water partition coefficient (Wildman–Crippen LogP) is 2.92. The molecule has 0 amide bonds. The van der Waals surface area contributed by atoms with Gasteiger partial charge in [-0.1, -0.05) is 33.9 Å². The van der Waals surface area contributed by atoms with Crippen molar-refractivity contribution in [3.63, 3.8) is 0 Å². The molecule has 8 heavy (non-hydrogen) atoms. The molecule has 0 aromatic rings. The first-order valence-corrected chi connectivity index (χ1v) is 7.26. The number of hydrogen-bond donors (Lipinski definition) is 1. The molecule has 0 rings (SSSR count). The van der Waals surface area contributed by atoms with E-state index >= 15 is 0 Å². The van der Waals surface area contributed by atoms with E-state index < -0.39 is 7.22 Å². The molecule has 0 fully saturated rings. The highest BCUT2D eigenvalue weighted by atomic mass is 32.3. The van der Waals surface area contributed by atoms with Gasteiger partial charge in [0.05, 0.1) is 0 Å². The van der Waals surface area contributed by atoms with Crippen molar-refractivity contribution in [3.8, 4) is 0 Å². The smallest absolute Gasteiger partial charge is 0.112 e. The van der Waals surface area contributed by atoms with Crippen molar-refractivity contribution in [2.24, 2.45) is 0 Å². The van der Waals surface area contributed by atoms with Crippen LogP contribution in [-0.4, -0.2) is 7.22 Å². The average molecular weight is 148 g/mol. The minimum absolute atomic E-state index is 0.441. The van der Waals surface area contributed by atoms with Crippen molar-refractivity contribution in [2.45, 2.75) is 38.9 Å². The maximum Gasteiger partial charge on any atom is 0.112 e. The van der Waals surface area contributed by atoms with E-state index in [0.29, 0.717) is 5.04 Å². The van der Waals surface area contributed by atoms with Crippen LogP contribution in [0.4, 0.5) is 0 Å². The molecule has 0 atom stereocenters. The third-order valence-corrected chi connectivity index (χ3v) is 7.52. The highest BCUT2D eigenvalue weighted by Crippen LogP contribution is 2.37. The molecule has 0 N–H and O–H groups in total. The molecule has 0 heterocycles. The van der Waals surface area contributed by atoms with Gasteiger partial charge in [-0.05, 0) is 5.04 Å². The van der Waals surface area contributed by atoms with E-state index in [0.717, 1.165) is 0 Å². The molecule has 0 aliphatic carbocycles. The molecule has 0 unspecified atom stereocenters. The highest BCUT2D eigenvalue weighted by Gasteiger charge is 2.30. The first kappa shape index (κ1) is 8.57. The lowest BCUT2D eigenvalue weighted by molar-refractivity contribution is 0.737. The number of hydrogen-bond acceptors (Lipinski definition) is 1. The van der Waals surface area contributed by atoms with Crippen LogP contribution in [0.15, 0.2) is 0 Å². The van der Waals surface area contributed by atoms with Crippen LogP contribution in [0.1, 0.15) is 20.8 Å². The molecule has 0 aromatic carbocycles. The van der Waals surface area contributed by atoms with Gasteiger partial charge in [0, 0.05) is 0 Å². The van der Waals surface area contributed by atoms with Crippen molar-refractivity contribution in [1.29, 1.82) is 0 Å². The van der Waals surface area contributed by atoms with E-state index in [2.05, 4.69) is 45.9 Å². The topological polar surface area (TPSA) is 0 Å². The van der Waals surface area contributed by atoms with Gasteiger partial charge in [-0.3, -0.25) is 0 Å². The summed E-state index contributed by atoms with van der Waals surface area (Å²) in [6.07, 6.45) is 0. The zero-order valence-corrected chi connectivity index (χ0v) is 8.34. The molecule has 0 bridgehead atoms. The molecule has 0 saturated carbocycles. The summed E-state index contributed by atoms with van der Waals surface area (Å²) in [5.74, 6) is 0. The minimum Gasteiger partial charge on any atom is -0.202 e. The van der Waals surface area contributed by atoms with Gasteiger partial charge >= 0.3 is 0 Å². The highest BCUT2D eigenvalue weighted by molar-refractivity contribution is 8.14. The summed E-state index contributed by atoms with van der Waals surface area (Å²) in [5, 5.41) is 0.441. The molecule has 0 aliphatic heterocycles. The van der Waals surface area contributed by atoms with Gasteiger partial charge in [0.1, 0.15) is 7.22 Å². The van der Waals surface area contributed by atoms with Crippen molar-refractivity contribution in [3.05, 3.63) is 0 Å². The molecular weight excluding hydrogens is 132 g/mol. The Hall–Kier alpha value is 0.567. The monoisotopic (exact) mass is 148 g/mol. The molecule has 50 valence electrons. The lowest BCUT2D eigenvalue weighted by Crippen LogP contribution is -2.30. The van der Waals surface area contributed by atoms with E-state index in [1.807, 2.05) is 0 Å². The van der Waals surface area contributed by atoms with Crippen molar-refractivity contribution in [2.75, 3.05) is 0 Å². The zero-order valence-electron chi connectivity index (χ0n) is 6.45. The molecule has 2 heteroatoms. The van der Waals surface area contributed by atoms with Crippen LogP contribution in [0, 0.1) is 0 Å². The standard InChI is InChI=1S/C6H16SSi/c1-6(2,3)8(4,5)7/h7H,1-5H3. The summed E-state index contributed by atoms with van der Waals surface area (Å²) >= 11 is 4.57. The maximum absolute atomic E-state index is 4.57. The minimum atomic E-state index is -1.16. The van der Waals surface area contributed by atoms with Crippen LogP contribution in [0.3, 0.4) is 0 Å². The van der Waals surface area contributed by atoms with Crippen LogP contribution in [0.25, 0.3) is 0 Å². The molecule has 0 nitrogen and oxygen atoms in total. The normalized spacial score (nSPS) is 14.2. The fourth-order valence-corrected chi connectivity index (χ4v) is 0. The molecule has 0 aliphatic rings. The quantitative estimate of drug-likeness (QED) is 0.396. The van der Waals surface area contributed by atoms with Crippen LogP contribution in [-0.2, 0) is 0 Å². The Labute approximate surface area is 58.7 Å². The van der Waals surface area contributed by atoms with Crippen LogP contribution in [0.5, 0.6) is 0 Å². The summed E-state index contributed by atoms with van der Waals surface area (Å²) in [4.78, 5) is 0. The molecule has 0 spiro atoms. The Morgan fingerprint density at radius 3 is 1.25 bits per heavy atom. The van der Waals surface area contributed by atoms with Gasteiger partial charge < -0.3 is 0 Å². The van der Waals surface area contributed by atoms with Gasteiger partial charge in [-0.25, -0.2) is 12.1 Å². The van der Waals surface area contributed by atoms with Gasteiger partial charge in [-0.15, -0.1) is 0 Å². The summed E-state index contributed by atoms with van der Waals surface area (Å²) in [5.41, 5.74) is 0. The summed E-state index contributed by atoms with van der Waals surface area (Å²) in [7, 11) is -1.16. The van der Waals surface area contributed by atoms with E-state index in [1.54, 1.807) is 0 Å². The fraction of sp³-hybridized carbons (Fsp3) is 1.00. The average Bonchev–Trinajstić information content (AvgIpc) is 1.25. The molecular formula is C6H16SSi. The maximum atomic E-state index is 4.57. The summed E-state index contributed by atoms with van der Waals surface area (Å²) in [6, 6.07) is 0. The third kappa shape index (κ3) is 2.22. The second kappa shape index (κ2) is 2.07. The first-order chi connectivity index (χ1) is 3.25. The predicted molar refractivity (Wildman–Crippen MR) is 46.2 cm³/mol. The van der Waals surface area contributed by atoms with Crippen LogP contribution >= 0.6 is 12.1 Å². The lowest BCUT2D eigenvalue weighted by Gasteiger charge is -2.31. The number of rotatable bonds is 0. The second-order valence-corrected chi connectivity index (χ2v) is 11.8. The molecule has 0 radical (unpaired) electrons. The lowest BCUT2D eigenvalue weighted by atomic mass is 10.2. The SMILES string of the molecule is CC(C)(C)[Si](C)(C)S. The van der Waals surface area contributed by atoms with Crippen molar-refractivity contribution < 1.29 is 0 Å². The van der Waals surface area contributed by atoms with E-state index in [9.17, 15) is 0 Å². The van der Waals surface area contributed by atoms with E-state index in [-0.39, 0.29) is 0 Å². The first-order valence-electron chi connectivity index (χ1n) is 2.97. The van der Waals surface area contributed by atoms with E-state index in [4.69, 9.17) is 0 Å². The second-order valence-electron chi connectivity index (χ2n) is 3.81. The van der Waals surface area contributed by atoms with Crippen LogP contribution < -0.4 is 0 Å². The van der Waals surface area contributed by atoms with Gasteiger partial charge in [-0.2, -0.15) is 0 Å². The van der Waals surface area contributed by atoms with Gasteiger partial charge in [0.15, 0.2) is 0 Å². The Balaban J connectivity index is 4.02.